The molecule has 0 aliphatic carbocycles. The van der Waals surface area contributed by atoms with Crippen molar-refractivity contribution in [3.63, 3.8) is 0 Å². The summed E-state index contributed by atoms with van der Waals surface area (Å²) in [5, 5.41) is 1.92. The Kier molecular flexibility index (Phi) is 4.64. The molecule has 122 valence electrons. The number of esters is 1. The SMILES string of the molecule is COC(=O)NC(=O)[C@@H](C)OC(=O)[C@@H]1CS[C@@]2(C)CCC(=O)N12. The van der Waals surface area contributed by atoms with Crippen molar-refractivity contribution in [2.24, 2.45) is 0 Å². The van der Waals surface area contributed by atoms with Gasteiger partial charge in [0.25, 0.3) is 5.91 Å². The lowest BCUT2D eigenvalue weighted by molar-refractivity contribution is -0.161. The average molecular weight is 330 g/mol. The first kappa shape index (κ1) is 16.6. The quantitative estimate of drug-likeness (QED) is 0.740. The third-order valence-electron chi connectivity index (χ3n) is 3.79. The van der Waals surface area contributed by atoms with Gasteiger partial charge >= 0.3 is 12.1 Å². The summed E-state index contributed by atoms with van der Waals surface area (Å²) in [7, 11) is 1.12. The number of hydrogen-bond acceptors (Lipinski definition) is 7. The fourth-order valence-electron chi connectivity index (χ4n) is 2.55. The normalized spacial score (nSPS) is 28.0. The van der Waals surface area contributed by atoms with Gasteiger partial charge in [-0.15, -0.1) is 11.8 Å². The standard InChI is InChI=1S/C13H18N2O6S/c1-7(10(17)14-12(19)20-3)21-11(18)8-6-22-13(2)5-4-9(16)15(8)13/h7-8H,4-6H2,1-3H3,(H,14,17,19)/t7-,8+,13+/m1/s1. The Bertz CT molecular complexity index is 525. The van der Waals surface area contributed by atoms with E-state index in [2.05, 4.69) is 4.74 Å². The van der Waals surface area contributed by atoms with E-state index in [1.54, 1.807) is 4.90 Å². The highest BCUT2D eigenvalue weighted by molar-refractivity contribution is 8.01. The topological polar surface area (TPSA) is 102 Å². The Morgan fingerprint density at radius 3 is 2.77 bits per heavy atom. The number of methoxy groups -OCH3 is 1. The van der Waals surface area contributed by atoms with Gasteiger partial charge in [-0.2, -0.15) is 0 Å². The van der Waals surface area contributed by atoms with Crippen LogP contribution in [0.5, 0.6) is 0 Å². The predicted molar refractivity (Wildman–Crippen MR) is 76.8 cm³/mol. The molecule has 2 aliphatic heterocycles. The van der Waals surface area contributed by atoms with Crippen LogP contribution in [0.1, 0.15) is 26.7 Å². The zero-order valence-corrected chi connectivity index (χ0v) is 13.4. The molecular weight excluding hydrogens is 312 g/mol. The number of fused-ring (bicyclic) bond motifs is 1. The van der Waals surface area contributed by atoms with E-state index in [4.69, 9.17) is 4.74 Å². The predicted octanol–water partition coefficient (Wildman–Crippen LogP) is 0.255. The molecule has 0 bridgehead atoms. The van der Waals surface area contributed by atoms with Gasteiger partial charge < -0.3 is 14.4 Å². The number of carbonyl (C=O) groups is 4. The molecule has 1 N–H and O–H groups in total. The first-order valence-electron chi connectivity index (χ1n) is 6.84. The van der Waals surface area contributed by atoms with Gasteiger partial charge in [-0.25, -0.2) is 9.59 Å². The van der Waals surface area contributed by atoms with E-state index >= 15 is 0 Å². The second-order valence-corrected chi connectivity index (χ2v) is 6.83. The number of nitrogens with one attached hydrogen (secondary N) is 1. The maximum Gasteiger partial charge on any atom is 0.413 e. The summed E-state index contributed by atoms with van der Waals surface area (Å²) in [5.41, 5.74) is 0. The molecule has 2 aliphatic rings. The Labute approximate surface area is 131 Å². The fourth-order valence-corrected chi connectivity index (χ4v) is 3.97. The van der Waals surface area contributed by atoms with Crippen LogP contribution in [0.4, 0.5) is 4.79 Å². The monoisotopic (exact) mass is 330 g/mol. The summed E-state index contributed by atoms with van der Waals surface area (Å²) in [6.07, 6.45) is -0.975. The molecule has 22 heavy (non-hydrogen) atoms. The molecule has 0 aromatic carbocycles. The van der Waals surface area contributed by atoms with Gasteiger partial charge in [0.05, 0.1) is 12.0 Å². The van der Waals surface area contributed by atoms with E-state index < -0.39 is 30.1 Å². The van der Waals surface area contributed by atoms with Crippen LogP contribution < -0.4 is 5.32 Å². The van der Waals surface area contributed by atoms with Crippen LogP contribution in [0.15, 0.2) is 0 Å². The molecule has 3 atom stereocenters. The molecule has 0 spiro atoms. The fraction of sp³-hybridized carbons (Fsp3) is 0.692. The van der Waals surface area contributed by atoms with Crippen molar-refractivity contribution in [2.45, 2.75) is 43.7 Å². The lowest BCUT2D eigenvalue weighted by Gasteiger charge is -2.29. The average Bonchev–Trinajstić information content (AvgIpc) is 2.95. The van der Waals surface area contributed by atoms with E-state index in [1.807, 2.05) is 12.2 Å². The van der Waals surface area contributed by atoms with Gasteiger partial charge in [0.2, 0.25) is 5.91 Å². The first-order valence-corrected chi connectivity index (χ1v) is 7.82. The van der Waals surface area contributed by atoms with Gasteiger partial charge in [0, 0.05) is 12.2 Å². The largest absolute Gasteiger partial charge is 0.453 e. The summed E-state index contributed by atoms with van der Waals surface area (Å²) in [5.74, 6) is -1.06. The van der Waals surface area contributed by atoms with E-state index in [9.17, 15) is 19.2 Å². The minimum Gasteiger partial charge on any atom is -0.453 e. The van der Waals surface area contributed by atoms with Gasteiger partial charge in [0.1, 0.15) is 6.04 Å². The van der Waals surface area contributed by atoms with E-state index in [0.29, 0.717) is 18.6 Å². The van der Waals surface area contributed by atoms with Crippen molar-refractivity contribution in [1.29, 1.82) is 0 Å². The first-order chi connectivity index (χ1) is 10.3. The number of nitrogens with zero attached hydrogens (tertiary/aromatic N) is 1. The van der Waals surface area contributed by atoms with Crippen LogP contribution in [0.3, 0.4) is 0 Å². The minimum absolute atomic E-state index is 0.0823. The highest BCUT2D eigenvalue weighted by Gasteiger charge is 2.53. The van der Waals surface area contributed by atoms with E-state index in [0.717, 1.165) is 7.11 Å². The molecule has 0 unspecified atom stereocenters. The summed E-state index contributed by atoms with van der Waals surface area (Å²) in [6.45, 7) is 3.27. The Balaban J connectivity index is 1.96. The van der Waals surface area contributed by atoms with E-state index in [1.165, 1.54) is 18.7 Å². The zero-order chi connectivity index (χ0) is 16.5. The van der Waals surface area contributed by atoms with Crippen LogP contribution in [0, 0.1) is 0 Å². The van der Waals surface area contributed by atoms with Crippen molar-refractivity contribution in [2.75, 3.05) is 12.9 Å². The number of ether oxygens (including phenoxy) is 2. The van der Waals surface area contributed by atoms with Gasteiger partial charge in [0.15, 0.2) is 6.10 Å². The van der Waals surface area contributed by atoms with Crippen LogP contribution in [0.25, 0.3) is 0 Å². The van der Waals surface area contributed by atoms with Crippen molar-refractivity contribution in [1.82, 2.24) is 10.2 Å². The maximum absolute atomic E-state index is 12.2. The molecule has 3 amide bonds. The van der Waals surface area contributed by atoms with Crippen LogP contribution in [-0.4, -0.2) is 58.7 Å². The van der Waals surface area contributed by atoms with Gasteiger partial charge in [-0.3, -0.25) is 14.9 Å². The third-order valence-corrected chi connectivity index (χ3v) is 5.29. The minimum atomic E-state index is -1.15. The number of amides is 3. The number of carbonyl (C=O) groups excluding carboxylic acids is 4. The molecule has 2 saturated heterocycles. The van der Waals surface area contributed by atoms with Crippen LogP contribution in [-0.2, 0) is 23.9 Å². The Morgan fingerprint density at radius 2 is 2.14 bits per heavy atom. The molecule has 8 nitrogen and oxygen atoms in total. The summed E-state index contributed by atoms with van der Waals surface area (Å²) in [4.78, 5) is 47.9. The maximum atomic E-state index is 12.2. The number of imide groups is 1. The smallest absolute Gasteiger partial charge is 0.413 e. The third kappa shape index (κ3) is 3.03. The van der Waals surface area contributed by atoms with Gasteiger partial charge in [-0.1, -0.05) is 0 Å². The lowest BCUT2D eigenvalue weighted by Crippen LogP contribution is -2.48. The molecule has 0 radical (unpaired) electrons. The van der Waals surface area contributed by atoms with Crippen molar-refractivity contribution < 1.29 is 28.7 Å². The van der Waals surface area contributed by atoms with Crippen molar-refractivity contribution in [3.8, 4) is 0 Å². The Morgan fingerprint density at radius 1 is 1.45 bits per heavy atom. The zero-order valence-electron chi connectivity index (χ0n) is 12.6. The van der Waals surface area contributed by atoms with Crippen molar-refractivity contribution in [3.05, 3.63) is 0 Å². The van der Waals surface area contributed by atoms with Crippen molar-refractivity contribution >= 4 is 35.6 Å². The second kappa shape index (κ2) is 6.15. The molecule has 0 saturated carbocycles. The van der Waals surface area contributed by atoms with Crippen LogP contribution in [0.2, 0.25) is 0 Å². The Hall–Kier alpha value is -1.77. The summed E-state index contributed by atoms with van der Waals surface area (Å²) in [6, 6.07) is -0.696. The molecule has 2 heterocycles. The highest BCUT2D eigenvalue weighted by atomic mass is 32.2. The molecule has 0 aromatic heterocycles. The number of hydrogen-bond donors (Lipinski definition) is 1. The number of thioether (sulfide) groups is 1. The molecule has 9 heteroatoms. The summed E-state index contributed by atoms with van der Waals surface area (Å²) < 4.78 is 9.37. The highest BCUT2D eigenvalue weighted by Crippen LogP contribution is 2.47. The lowest BCUT2D eigenvalue weighted by atomic mass is 10.2. The second-order valence-electron chi connectivity index (χ2n) is 5.33. The van der Waals surface area contributed by atoms with E-state index in [-0.39, 0.29) is 10.8 Å². The molecule has 2 fully saturated rings. The number of rotatable bonds is 3. The number of alkyl carbamates (subject to hydrolysis) is 1. The van der Waals surface area contributed by atoms with Gasteiger partial charge in [-0.05, 0) is 20.3 Å². The molecule has 0 aromatic rings. The summed E-state index contributed by atoms with van der Waals surface area (Å²) >= 11 is 1.53. The van der Waals surface area contributed by atoms with Crippen LogP contribution >= 0.6 is 11.8 Å². The molecule has 2 rings (SSSR count). The molecular formula is C13H18N2O6S.